The van der Waals surface area contributed by atoms with E-state index in [2.05, 4.69) is 64.6 Å². The summed E-state index contributed by atoms with van der Waals surface area (Å²) in [5.74, 6) is -0.634. The zero-order chi connectivity index (χ0) is 25.0. The van der Waals surface area contributed by atoms with Crippen LogP contribution < -0.4 is 0 Å². The van der Waals surface area contributed by atoms with E-state index in [4.69, 9.17) is 1.37 Å². The van der Waals surface area contributed by atoms with Crippen LogP contribution in [0.25, 0.3) is 44.1 Å². The molecule has 0 bridgehead atoms. The Labute approximate surface area is 227 Å². The summed E-state index contributed by atoms with van der Waals surface area (Å²) in [5.41, 5.74) is 4.79. The van der Waals surface area contributed by atoms with E-state index < -0.39 is 5.89 Å². The van der Waals surface area contributed by atoms with Crippen molar-refractivity contribution in [3.63, 3.8) is 0 Å². The number of pyridine rings is 2. The topological polar surface area (TPSA) is 25.8 Å². The first-order valence-corrected chi connectivity index (χ1v) is 11.7. The standard InChI is InChI=1S/C22H18N.C11H8N.Ir/c1-15(2)17-11-12-23-22(14-17)19-9-10-21-18(13-19)8-7-16-5-3-4-6-20(16)21;1-2-6-10(7-3-1)11-8-4-5-9-12-11;/h3-8,10-15H,1-2H3;1-6,8-9H;/q2*-1;/i15D;;. The van der Waals surface area contributed by atoms with Gasteiger partial charge in [-0.3, -0.25) is 0 Å². The van der Waals surface area contributed by atoms with E-state index >= 15 is 0 Å². The van der Waals surface area contributed by atoms with Gasteiger partial charge in [0.25, 0.3) is 0 Å². The summed E-state index contributed by atoms with van der Waals surface area (Å²) >= 11 is 0. The van der Waals surface area contributed by atoms with Gasteiger partial charge in [0.2, 0.25) is 0 Å². The molecule has 6 rings (SSSR count). The van der Waals surface area contributed by atoms with Crippen LogP contribution in [-0.4, -0.2) is 9.97 Å². The van der Waals surface area contributed by atoms with Crippen molar-refractivity contribution >= 4 is 21.5 Å². The number of rotatable bonds is 3. The van der Waals surface area contributed by atoms with Gasteiger partial charge in [-0.2, -0.15) is 0 Å². The second kappa shape index (κ2) is 11.9. The number of aromatic nitrogens is 2. The van der Waals surface area contributed by atoms with Crippen LogP contribution in [-0.2, 0) is 20.1 Å². The van der Waals surface area contributed by atoms with Gasteiger partial charge in [-0.1, -0.05) is 84.8 Å². The first-order chi connectivity index (χ1) is 17.5. The van der Waals surface area contributed by atoms with Crippen molar-refractivity contribution in [1.29, 1.82) is 0 Å². The zero-order valence-corrected chi connectivity index (χ0v) is 22.6. The van der Waals surface area contributed by atoms with E-state index in [1.807, 2.05) is 74.5 Å². The minimum absolute atomic E-state index is 0. The van der Waals surface area contributed by atoms with Crippen LogP contribution in [0.1, 0.15) is 26.7 Å². The van der Waals surface area contributed by atoms with E-state index in [0.29, 0.717) is 0 Å². The Morgan fingerprint density at radius 1 is 0.667 bits per heavy atom. The fraction of sp³-hybridized carbons (Fsp3) is 0.0909. The molecule has 0 atom stereocenters. The Bertz CT molecular complexity index is 1570. The Morgan fingerprint density at radius 2 is 1.44 bits per heavy atom. The van der Waals surface area contributed by atoms with Gasteiger partial charge in [-0.25, -0.2) is 0 Å². The van der Waals surface area contributed by atoms with Crippen molar-refractivity contribution in [1.82, 2.24) is 9.97 Å². The van der Waals surface area contributed by atoms with Gasteiger partial charge in [0.15, 0.2) is 0 Å². The average molecular weight is 644 g/mol. The zero-order valence-electron chi connectivity index (χ0n) is 21.2. The van der Waals surface area contributed by atoms with Gasteiger partial charge >= 0.3 is 0 Å². The van der Waals surface area contributed by atoms with Crippen LogP contribution >= 0.6 is 0 Å². The van der Waals surface area contributed by atoms with Gasteiger partial charge in [0, 0.05) is 33.9 Å². The maximum atomic E-state index is 8.22. The molecular weight excluding hydrogens is 617 g/mol. The van der Waals surface area contributed by atoms with E-state index in [1.165, 1.54) is 21.5 Å². The van der Waals surface area contributed by atoms with Gasteiger partial charge in [-0.15, -0.1) is 65.0 Å². The summed E-state index contributed by atoms with van der Waals surface area (Å²) in [6.45, 7) is 3.78. The molecule has 0 aliphatic carbocycles. The summed E-state index contributed by atoms with van der Waals surface area (Å²) < 4.78 is 8.22. The fourth-order valence-electron chi connectivity index (χ4n) is 4.06. The first-order valence-electron chi connectivity index (χ1n) is 12.2. The fourth-order valence-corrected chi connectivity index (χ4v) is 4.06. The SMILES string of the molecule is [2H]C(C)(C)c1ccnc(-c2[c-]cc3c(ccc4ccccc43)c2)c1.[Ir].[c-]1ccccc1-c1ccccn1. The smallest absolute Gasteiger partial charge is 0.0346 e. The van der Waals surface area contributed by atoms with Crippen LogP contribution in [0.15, 0.2) is 116 Å². The molecule has 2 heterocycles. The van der Waals surface area contributed by atoms with Gasteiger partial charge in [0.05, 0.1) is 0 Å². The van der Waals surface area contributed by atoms with Crippen molar-refractivity contribution in [2.45, 2.75) is 19.7 Å². The molecule has 6 aromatic rings. The summed E-state index contributed by atoms with van der Waals surface area (Å²) in [6.07, 6.45) is 3.57. The van der Waals surface area contributed by atoms with Crippen molar-refractivity contribution < 1.29 is 21.5 Å². The second-order valence-electron chi connectivity index (χ2n) is 8.56. The molecule has 0 unspecified atom stereocenters. The molecule has 0 aliphatic heterocycles. The molecule has 0 N–H and O–H groups in total. The molecule has 0 amide bonds. The molecule has 36 heavy (non-hydrogen) atoms. The van der Waals surface area contributed by atoms with Crippen molar-refractivity contribution in [3.05, 3.63) is 133 Å². The van der Waals surface area contributed by atoms with E-state index in [9.17, 15) is 0 Å². The van der Waals surface area contributed by atoms with Crippen molar-refractivity contribution in [2.75, 3.05) is 0 Å². The average Bonchev–Trinajstić information content (AvgIpc) is 2.93. The Balaban J connectivity index is 0.000000208. The quantitative estimate of drug-likeness (QED) is 0.143. The third kappa shape index (κ3) is 5.76. The summed E-state index contributed by atoms with van der Waals surface area (Å²) in [6, 6.07) is 41.0. The number of hydrogen-bond donors (Lipinski definition) is 0. The molecule has 1 radical (unpaired) electrons. The monoisotopic (exact) mass is 644 g/mol. The molecule has 0 spiro atoms. The predicted molar refractivity (Wildman–Crippen MR) is 146 cm³/mol. The van der Waals surface area contributed by atoms with Gasteiger partial charge < -0.3 is 9.97 Å². The van der Waals surface area contributed by atoms with E-state index in [1.54, 1.807) is 12.4 Å². The minimum atomic E-state index is -0.634. The van der Waals surface area contributed by atoms with Crippen LogP contribution in [0, 0.1) is 12.1 Å². The van der Waals surface area contributed by atoms with Crippen molar-refractivity contribution in [2.24, 2.45) is 0 Å². The van der Waals surface area contributed by atoms with Crippen LogP contribution in [0.2, 0.25) is 0 Å². The van der Waals surface area contributed by atoms with Gasteiger partial charge in [0.1, 0.15) is 0 Å². The number of hydrogen-bond acceptors (Lipinski definition) is 2. The third-order valence-electron chi connectivity index (χ3n) is 5.94. The number of benzene rings is 4. The molecule has 0 fully saturated rings. The summed E-state index contributed by atoms with van der Waals surface area (Å²) in [7, 11) is 0. The van der Waals surface area contributed by atoms with E-state index in [0.717, 1.165) is 28.1 Å². The van der Waals surface area contributed by atoms with Gasteiger partial charge in [-0.05, 0) is 34.8 Å². The normalized spacial score (nSPS) is 11.2. The van der Waals surface area contributed by atoms with Crippen LogP contribution in [0.3, 0.4) is 0 Å². The Kier molecular flexibility index (Phi) is 7.92. The molecule has 3 heteroatoms. The van der Waals surface area contributed by atoms with Crippen LogP contribution in [0.5, 0.6) is 0 Å². The largest absolute Gasteiger partial charge is 0.305 e. The Morgan fingerprint density at radius 3 is 2.22 bits per heavy atom. The predicted octanol–water partition coefficient (Wildman–Crippen LogP) is 8.52. The number of fused-ring (bicyclic) bond motifs is 3. The molecule has 2 nitrogen and oxygen atoms in total. The Hall–Kier alpha value is -3.65. The second-order valence-corrected chi connectivity index (χ2v) is 8.56. The first kappa shape index (κ1) is 24.1. The molecule has 0 saturated carbocycles. The summed E-state index contributed by atoms with van der Waals surface area (Å²) in [5, 5.41) is 4.86. The molecule has 0 saturated heterocycles. The molecule has 2 aromatic heterocycles. The molecular formula is C33H26IrN2-2. The minimum Gasteiger partial charge on any atom is -0.305 e. The van der Waals surface area contributed by atoms with Crippen molar-refractivity contribution in [3.8, 4) is 22.5 Å². The maximum Gasteiger partial charge on any atom is 0.0346 e. The van der Waals surface area contributed by atoms with Crippen LogP contribution in [0.4, 0.5) is 0 Å². The maximum absolute atomic E-state index is 8.22. The molecule has 0 aliphatic rings. The molecule has 4 aromatic carbocycles. The number of nitrogens with zero attached hydrogens (tertiary/aromatic N) is 2. The summed E-state index contributed by atoms with van der Waals surface area (Å²) in [4.78, 5) is 8.70. The third-order valence-corrected chi connectivity index (χ3v) is 5.94. The van der Waals surface area contributed by atoms with E-state index in [-0.39, 0.29) is 20.1 Å². The molecule has 179 valence electrons.